The lowest BCUT2D eigenvalue weighted by molar-refractivity contribution is -0.0135. The Hall–Kier alpha value is -2.28. The highest BCUT2D eigenvalue weighted by Crippen LogP contribution is 2.39. The van der Waals surface area contributed by atoms with Crippen molar-refractivity contribution in [1.29, 1.82) is 0 Å². The number of hydrogen-bond donors (Lipinski definition) is 0. The molecule has 0 saturated carbocycles. The van der Waals surface area contributed by atoms with Crippen LogP contribution in [0.3, 0.4) is 0 Å². The molecule has 4 rings (SSSR count). The van der Waals surface area contributed by atoms with Gasteiger partial charge in [0.15, 0.2) is 0 Å². The number of piperidine rings is 2. The molecule has 3 amide bonds. The van der Waals surface area contributed by atoms with Crippen LogP contribution in [0.25, 0.3) is 0 Å². The van der Waals surface area contributed by atoms with Gasteiger partial charge in [0, 0.05) is 49.8 Å². The number of carbonyl (C=O) groups is 2. The van der Waals surface area contributed by atoms with Crippen LogP contribution in [0, 0.1) is 0 Å². The first-order valence-electron chi connectivity index (χ1n) is 13.7. The Morgan fingerprint density at radius 2 is 1.53 bits per heavy atom. The van der Waals surface area contributed by atoms with Crippen molar-refractivity contribution in [2.24, 2.45) is 0 Å². The van der Waals surface area contributed by atoms with Gasteiger partial charge in [-0.25, -0.2) is 9.59 Å². The maximum absolute atomic E-state index is 13.7. The zero-order chi connectivity index (χ0) is 26.3. The summed E-state index contributed by atoms with van der Waals surface area (Å²) in [6.45, 7) is 18.6. The molecule has 200 valence electrons. The van der Waals surface area contributed by atoms with E-state index in [1.807, 2.05) is 36.6 Å². The van der Waals surface area contributed by atoms with Crippen LogP contribution in [0.15, 0.2) is 30.3 Å². The Balaban J connectivity index is 1.40. The third-order valence-corrected chi connectivity index (χ3v) is 8.25. The third-order valence-electron chi connectivity index (χ3n) is 8.25. The van der Waals surface area contributed by atoms with Gasteiger partial charge in [-0.2, -0.15) is 0 Å². The van der Waals surface area contributed by atoms with E-state index in [2.05, 4.69) is 61.8 Å². The van der Waals surface area contributed by atoms with Crippen molar-refractivity contribution in [3.63, 3.8) is 0 Å². The maximum Gasteiger partial charge on any atom is 0.410 e. The third kappa shape index (κ3) is 5.66. The summed E-state index contributed by atoms with van der Waals surface area (Å²) in [6, 6.07) is 11.0. The van der Waals surface area contributed by atoms with Crippen LogP contribution in [0.2, 0.25) is 0 Å². The van der Waals surface area contributed by atoms with E-state index in [9.17, 15) is 9.59 Å². The van der Waals surface area contributed by atoms with Crippen LogP contribution in [0.1, 0.15) is 85.8 Å². The fourth-order valence-electron chi connectivity index (χ4n) is 6.02. The second kappa shape index (κ2) is 9.88. The van der Waals surface area contributed by atoms with Gasteiger partial charge in [0.25, 0.3) is 0 Å². The molecule has 3 heterocycles. The first-order chi connectivity index (χ1) is 16.8. The van der Waals surface area contributed by atoms with Gasteiger partial charge >= 0.3 is 12.1 Å². The summed E-state index contributed by atoms with van der Waals surface area (Å²) in [4.78, 5) is 34.9. The van der Waals surface area contributed by atoms with E-state index in [-0.39, 0.29) is 35.3 Å². The van der Waals surface area contributed by atoms with Crippen LogP contribution in [0.4, 0.5) is 9.59 Å². The summed E-state index contributed by atoms with van der Waals surface area (Å²) < 4.78 is 5.58. The number of benzene rings is 1. The van der Waals surface area contributed by atoms with Crippen LogP contribution in [0.5, 0.6) is 0 Å². The highest BCUT2D eigenvalue weighted by molar-refractivity contribution is 5.79. The lowest BCUT2D eigenvalue weighted by atomic mass is 9.85. The molecule has 1 aromatic rings. The average Bonchev–Trinajstić information content (AvgIpc) is 3.16. The van der Waals surface area contributed by atoms with Gasteiger partial charge in [0.05, 0.1) is 6.04 Å². The molecule has 3 aliphatic heterocycles. The molecule has 0 aliphatic carbocycles. The van der Waals surface area contributed by atoms with Gasteiger partial charge in [-0.3, -0.25) is 4.90 Å². The molecule has 3 aliphatic rings. The molecule has 0 aromatic heterocycles. The molecule has 0 bridgehead atoms. The summed E-state index contributed by atoms with van der Waals surface area (Å²) >= 11 is 0. The quantitative estimate of drug-likeness (QED) is 0.551. The van der Waals surface area contributed by atoms with Gasteiger partial charge in [-0.15, -0.1) is 0 Å². The molecule has 3 fully saturated rings. The van der Waals surface area contributed by atoms with Gasteiger partial charge in [0.1, 0.15) is 5.60 Å². The minimum atomic E-state index is -0.465. The summed E-state index contributed by atoms with van der Waals surface area (Å²) in [6.07, 6.45) is 3.66. The topological polar surface area (TPSA) is 56.3 Å². The number of likely N-dealkylation sites (tertiary alicyclic amines) is 2. The highest BCUT2D eigenvalue weighted by atomic mass is 16.6. The monoisotopic (exact) mass is 498 g/mol. The molecule has 7 heteroatoms. The van der Waals surface area contributed by atoms with Crippen molar-refractivity contribution >= 4 is 12.1 Å². The van der Waals surface area contributed by atoms with Crippen LogP contribution < -0.4 is 0 Å². The molecule has 1 atom stereocenters. The van der Waals surface area contributed by atoms with Crippen molar-refractivity contribution in [2.75, 3.05) is 32.7 Å². The molecule has 0 unspecified atom stereocenters. The largest absolute Gasteiger partial charge is 0.444 e. The number of hydrogen-bond acceptors (Lipinski definition) is 4. The van der Waals surface area contributed by atoms with E-state index in [1.54, 1.807) is 0 Å². The van der Waals surface area contributed by atoms with Crippen LogP contribution in [-0.4, -0.2) is 87.2 Å². The molecule has 0 N–H and O–H groups in total. The number of rotatable bonds is 3. The fraction of sp³-hybridized carbons (Fsp3) is 0.724. The van der Waals surface area contributed by atoms with Crippen molar-refractivity contribution < 1.29 is 14.3 Å². The fourth-order valence-corrected chi connectivity index (χ4v) is 6.02. The van der Waals surface area contributed by atoms with E-state index in [0.29, 0.717) is 0 Å². The Morgan fingerprint density at radius 1 is 0.944 bits per heavy atom. The van der Waals surface area contributed by atoms with E-state index >= 15 is 0 Å². The highest BCUT2D eigenvalue weighted by Gasteiger charge is 2.47. The maximum atomic E-state index is 13.7. The van der Waals surface area contributed by atoms with E-state index in [1.165, 1.54) is 5.56 Å². The van der Waals surface area contributed by atoms with Crippen molar-refractivity contribution in [1.82, 2.24) is 19.6 Å². The van der Waals surface area contributed by atoms with Gasteiger partial charge in [0.2, 0.25) is 0 Å². The van der Waals surface area contributed by atoms with Crippen LogP contribution in [-0.2, 0) is 4.74 Å². The first kappa shape index (κ1) is 26.8. The number of carbonyl (C=O) groups excluding carboxylic acids is 2. The molecule has 3 saturated heterocycles. The molecule has 1 aromatic carbocycles. The SMILES string of the molecule is CC(C)(C)OC(=O)N1CCC(C)(N2CCC(N3C(=O)N(C(C)(C)C)C[C@H]3c3ccccc3)CC2)CC1. The number of nitrogens with zero attached hydrogens (tertiary/aromatic N) is 4. The standard InChI is InChI=1S/C29H46N4O3/c1-27(2,3)32-21-24(22-11-9-8-10-12-22)33(25(32)34)23-13-17-31(18-14-23)29(7)15-19-30(20-16-29)26(35)36-28(4,5)6/h8-12,23-24H,13-21H2,1-7H3/t24-/m0/s1. The smallest absolute Gasteiger partial charge is 0.410 e. The second-order valence-electron chi connectivity index (χ2n) is 13.1. The Morgan fingerprint density at radius 3 is 2.06 bits per heavy atom. The number of urea groups is 1. The molecule has 0 spiro atoms. The Kier molecular flexibility index (Phi) is 7.35. The summed E-state index contributed by atoms with van der Waals surface area (Å²) in [5.74, 6) is 0. The van der Waals surface area contributed by atoms with E-state index in [0.717, 1.165) is 58.4 Å². The van der Waals surface area contributed by atoms with Gasteiger partial charge in [-0.1, -0.05) is 30.3 Å². The minimum Gasteiger partial charge on any atom is -0.444 e. The number of ether oxygens (including phenoxy) is 1. The molecular formula is C29H46N4O3. The molecule has 0 radical (unpaired) electrons. The normalized spacial score (nSPS) is 24.4. The van der Waals surface area contributed by atoms with E-state index < -0.39 is 5.60 Å². The Bertz CT molecular complexity index is 920. The predicted molar refractivity (Wildman–Crippen MR) is 143 cm³/mol. The second-order valence-corrected chi connectivity index (χ2v) is 13.1. The first-order valence-corrected chi connectivity index (χ1v) is 13.7. The zero-order valence-corrected chi connectivity index (χ0v) is 23.4. The Labute approximate surface area is 217 Å². The molecule has 36 heavy (non-hydrogen) atoms. The predicted octanol–water partition coefficient (Wildman–Crippen LogP) is 5.52. The van der Waals surface area contributed by atoms with Crippen molar-refractivity contribution in [3.05, 3.63) is 35.9 Å². The van der Waals surface area contributed by atoms with E-state index in [4.69, 9.17) is 4.74 Å². The average molecular weight is 499 g/mol. The molecular weight excluding hydrogens is 452 g/mol. The minimum absolute atomic E-state index is 0.0782. The summed E-state index contributed by atoms with van der Waals surface area (Å²) in [5, 5.41) is 0. The summed E-state index contributed by atoms with van der Waals surface area (Å²) in [5.41, 5.74) is 0.637. The van der Waals surface area contributed by atoms with Crippen molar-refractivity contribution in [2.45, 2.75) is 103 Å². The van der Waals surface area contributed by atoms with Gasteiger partial charge in [-0.05, 0) is 79.7 Å². The van der Waals surface area contributed by atoms with Gasteiger partial charge < -0.3 is 19.4 Å². The lowest BCUT2D eigenvalue weighted by Gasteiger charge is -2.50. The zero-order valence-electron chi connectivity index (χ0n) is 23.4. The van der Waals surface area contributed by atoms with Crippen LogP contribution >= 0.6 is 0 Å². The van der Waals surface area contributed by atoms with Crippen molar-refractivity contribution in [3.8, 4) is 0 Å². The lowest BCUT2D eigenvalue weighted by Crippen LogP contribution is -2.58. The molecule has 7 nitrogen and oxygen atoms in total. The summed E-state index contributed by atoms with van der Waals surface area (Å²) in [7, 11) is 0. The number of amides is 3.